The summed E-state index contributed by atoms with van der Waals surface area (Å²) in [6, 6.07) is 8.59. The van der Waals surface area contributed by atoms with Crippen molar-refractivity contribution in [3.05, 3.63) is 24.3 Å². The first-order valence-corrected chi connectivity index (χ1v) is 9.34. The third-order valence-electron chi connectivity index (χ3n) is 4.66. The molecule has 1 fully saturated rings. The van der Waals surface area contributed by atoms with Gasteiger partial charge in [0, 0.05) is 39.3 Å². The van der Waals surface area contributed by atoms with Crippen LogP contribution in [0.1, 0.15) is 20.3 Å². The van der Waals surface area contributed by atoms with Crippen LogP contribution < -0.4 is 20.3 Å². The fraction of sp³-hybridized carbons (Fsp3) is 0.650. The monoisotopic (exact) mass is 489 g/mol. The molecule has 1 aromatic carbocycles. The molecule has 154 valence electrons. The number of hydrogen-bond acceptors (Lipinski definition) is 4. The van der Waals surface area contributed by atoms with Gasteiger partial charge in [0.05, 0.1) is 12.8 Å². The van der Waals surface area contributed by atoms with E-state index in [0.29, 0.717) is 6.04 Å². The molecule has 1 unspecified atom stereocenters. The Morgan fingerprint density at radius 2 is 2.04 bits per heavy atom. The summed E-state index contributed by atoms with van der Waals surface area (Å²) in [5.41, 5.74) is 1.34. The Hall–Kier alpha value is -1.22. The first kappa shape index (κ1) is 23.8. The molecule has 6 nitrogen and oxygen atoms in total. The number of ether oxygens (including phenoxy) is 1. The van der Waals surface area contributed by atoms with E-state index in [2.05, 4.69) is 65.5 Å². The van der Waals surface area contributed by atoms with Gasteiger partial charge in [0.15, 0.2) is 5.96 Å². The minimum atomic E-state index is 0. The van der Waals surface area contributed by atoms with E-state index in [0.717, 1.165) is 50.0 Å². The molecule has 1 aromatic rings. The zero-order valence-corrected chi connectivity index (χ0v) is 19.9. The molecular weight excluding hydrogens is 453 g/mol. The van der Waals surface area contributed by atoms with Gasteiger partial charge in [0.1, 0.15) is 5.75 Å². The van der Waals surface area contributed by atoms with E-state index in [1.807, 2.05) is 19.2 Å². The number of para-hydroxylation sites is 2. The van der Waals surface area contributed by atoms with Crippen molar-refractivity contribution in [3.63, 3.8) is 0 Å². The predicted molar refractivity (Wildman–Crippen MR) is 126 cm³/mol. The third kappa shape index (κ3) is 7.37. The number of aliphatic imine (C=N–C) groups is 1. The highest BCUT2D eigenvalue weighted by Crippen LogP contribution is 2.30. The molecule has 1 heterocycles. The maximum atomic E-state index is 5.50. The molecule has 0 amide bonds. The Morgan fingerprint density at radius 3 is 2.67 bits per heavy atom. The highest BCUT2D eigenvalue weighted by atomic mass is 127. The summed E-state index contributed by atoms with van der Waals surface area (Å²) in [6.07, 6.45) is 1.08. The van der Waals surface area contributed by atoms with E-state index in [4.69, 9.17) is 4.74 Å². The first-order valence-electron chi connectivity index (χ1n) is 9.34. The number of guanidine groups is 1. The van der Waals surface area contributed by atoms with Crippen molar-refractivity contribution in [3.8, 4) is 5.75 Å². The SMILES string of the molecule is CN=C(NCC(C)(C)CN(C)C)NC1CCN(c2ccccc2OC)C1.I. The van der Waals surface area contributed by atoms with Gasteiger partial charge in [0.2, 0.25) is 0 Å². The topological polar surface area (TPSA) is 52.1 Å². The van der Waals surface area contributed by atoms with Crippen molar-refractivity contribution in [2.45, 2.75) is 26.3 Å². The average molecular weight is 489 g/mol. The minimum Gasteiger partial charge on any atom is -0.495 e. The van der Waals surface area contributed by atoms with E-state index in [-0.39, 0.29) is 29.4 Å². The normalized spacial score (nSPS) is 17.7. The third-order valence-corrected chi connectivity index (χ3v) is 4.66. The van der Waals surface area contributed by atoms with Crippen molar-refractivity contribution in [1.82, 2.24) is 15.5 Å². The number of benzene rings is 1. The lowest BCUT2D eigenvalue weighted by molar-refractivity contribution is 0.241. The van der Waals surface area contributed by atoms with Gasteiger partial charge >= 0.3 is 0 Å². The second kappa shape index (κ2) is 10.9. The first-order chi connectivity index (χ1) is 12.3. The molecule has 7 heteroatoms. The minimum absolute atomic E-state index is 0. The van der Waals surface area contributed by atoms with Gasteiger partial charge in [-0.25, -0.2) is 0 Å². The zero-order valence-electron chi connectivity index (χ0n) is 17.6. The number of nitrogens with zero attached hydrogens (tertiary/aromatic N) is 3. The number of rotatable bonds is 7. The zero-order chi connectivity index (χ0) is 19.2. The van der Waals surface area contributed by atoms with Gasteiger partial charge in [-0.3, -0.25) is 4.99 Å². The Balaban J connectivity index is 0.00000364. The average Bonchev–Trinajstić information content (AvgIpc) is 3.05. The van der Waals surface area contributed by atoms with Crippen LogP contribution in [0.2, 0.25) is 0 Å². The maximum Gasteiger partial charge on any atom is 0.191 e. The van der Waals surface area contributed by atoms with Crippen LogP contribution in [0.5, 0.6) is 5.75 Å². The summed E-state index contributed by atoms with van der Waals surface area (Å²) in [6.45, 7) is 8.41. The Morgan fingerprint density at radius 1 is 1.33 bits per heavy atom. The van der Waals surface area contributed by atoms with Crippen molar-refractivity contribution in [1.29, 1.82) is 0 Å². The van der Waals surface area contributed by atoms with Gasteiger partial charge in [-0.2, -0.15) is 0 Å². The summed E-state index contributed by atoms with van der Waals surface area (Å²) in [4.78, 5) is 9.00. The molecule has 0 spiro atoms. The molecule has 0 saturated carbocycles. The second-order valence-electron chi connectivity index (χ2n) is 8.08. The smallest absolute Gasteiger partial charge is 0.191 e. The standard InChI is InChI=1S/C20H35N5O.HI/c1-20(2,15-24(4)5)14-22-19(21-3)23-16-11-12-25(13-16)17-9-7-8-10-18(17)26-6;/h7-10,16H,11-15H2,1-6H3,(H2,21,22,23);1H. The summed E-state index contributed by atoms with van der Waals surface area (Å²) in [5.74, 6) is 1.81. The molecule has 0 radical (unpaired) electrons. The van der Waals surface area contributed by atoms with E-state index in [1.165, 1.54) is 0 Å². The van der Waals surface area contributed by atoms with Crippen LogP contribution in [0, 0.1) is 5.41 Å². The molecular formula is C20H36IN5O. The summed E-state index contributed by atoms with van der Waals surface area (Å²) < 4.78 is 5.50. The van der Waals surface area contributed by atoms with Crippen LogP contribution in [0.4, 0.5) is 5.69 Å². The largest absolute Gasteiger partial charge is 0.495 e. The number of anilines is 1. The molecule has 1 saturated heterocycles. The molecule has 2 N–H and O–H groups in total. The molecule has 0 aromatic heterocycles. The fourth-order valence-electron chi connectivity index (χ4n) is 3.61. The summed E-state index contributed by atoms with van der Waals surface area (Å²) >= 11 is 0. The Kier molecular flexibility index (Phi) is 9.66. The van der Waals surface area contributed by atoms with Gasteiger partial charge in [-0.05, 0) is 38.1 Å². The lowest BCUT2D eigenvalue weighted by Gasteiger charge is -2.29. The van der Waals surface area contributed by atoms with Crippen molar-refractivity contribution >= 4 is 35.6 Å². The van der Waals surface area contributed by atoms with Crippen molar-refractivity contribution in [2.24, 2.45) is 10.4 Å². The van der Waals surface area contributed by atoms with Gasteiger partial charge < -0.3 is 25.2 Å². The quantitative estimate of drug-likeness (QED) is 0.351. The molecule has 1 atom stereocenters. The van der Waals surface area contributed by atoms with Crippen LogP contribution in [0.3, 0.4) is 0 Å². The molecule has 2 rings (SSSR count). The van der Waals surface area contributed by atoms with Crippen LogP contribution in [0.25, 0.3) is 0 Å². The molecule has 0 bridgehead atoms. The Labute approximate surface area is 181 Å². The number of methoxy groups -OCH3 is 1. The highest BCUT2D eigenvalue weighted by Gasteiger charge is 2.26. The van der Waals surface area contributed by atoms with Gasteiger partial charge in [0.25, 0.3) is 0 Å². The van der Waals surface area contributed by atoms with Gasteiger partial charge in [-0.15, -0.1) is 24.0 Å². The van der Waals surface area contributed by atoms with E-state index >= 15 is 0 Å². The lowest BCUT2D eigenvalue weighted by atomic mass is 9.93. The summed E-state index contributed by atoms with van der Waals surface area (Å²) in [7, 11) is 7.78. The molecule has 0 aliphatic carbocycles. The molecule has 1 aliphatic heterocycles. The maximum absolute atomic E-state index is 5.50. The fourth-order valence-corrected chi connectivity index (χ4v) is 3.61. The molecule has 27 heavy (non-hydrogen) atoms. The summed E-state index contributed by atoms with van der Waals surface area (Å²) in [5, 5.41) is 7.06. The number of halogens is 1. The van der Waals surface area contributed by atoms with Crippen molar-refractivity contribution in [2.75, 3.05) is 59.3 Å². The Bertz CT molecular complexity index is 606. The van der Waals surface area contributed by atoms with Crippen LogP contribution >= 0.6 is 24.0 Å². The van der Waals surface area contributed by atoms with Crippen molar-refractivity contribution < 1.29 is 4.74 Å². The molecule has 1 aliphatic rings. The van der Waals surface area contributed by atoms with Gasteiger partial charge in [-0.1, -0.05) is 26.0 Å². The predicted octanol–water partition coefficient (Wildman–Crippen LogP) is 2.64. The van der Waals surface area contributed by atoms with Crippen LogP contribution in [-0.2, 0) is 0 Å². The second-order valence-corrected chi connectivity index (χ2v) is 8.08. The van der Waals surface area contributed by atoms with E-state index < -0.39 is 0 Å². The number of nitrogens with one attached hydrogen (secondary N) is 2. The van der Waals surface area contributed by atoms with Crippen LogP contribution in [-0.4, -0.2) is 71.3 Å². The van der Waals surface area contributed by atoms with Crippen LogP contribution in [0.15, 0.2) is 29.3 Å². The van der Waals surface area contributed by atoms with E-state index in [9.17, 15) is 0 Å². The lowest BCUT2D eigenvalue weighted by Crippen LogP contribution is -2.48. The van der Waals surface area contributed by atoms with E-state index in [1.54, 1.807) is 7.11 Å². The number of hydrogen-bond donors (Lipinski definition) is 2. The highest BCUT2D eigenvalue weighted by molar-refractivity contribution is 14.0.